The quantitative estimate of drug-likeness (QED) is 0.830. The number of rotatable bonds is 6. The van der Waals surface area contributed by atoms with Crippen LogP contribution in [0.2, 0.25) is 0 Å². The summed E-state index contributed by atoms with van der Waals surface area (Å²) >= 11 is 0. The van der Waals surface area contributed by atoms with Gasteiger partial charge in [0.15, 0.2) is 0 Å². The molecule has 2 amide bonds. The first-order chi connectivity index (χ1) is 10.1. The van der Waals surface area contributed by atoms with E-state index >= 15 is 0 Å². The monoisotopic (exact) mass is 287 g/mol. The van der Waals surface area contributed by atoms with Crippen LogP contribution in [0.1, 0.15) is 24.0 Å². The molecule has 1 saturated carbocycles. The molecule has 1 fully saturated rings. The first-order valence-electron chi connectivity index (χ1n) is 6.82. The number of amides is 2. The van der Waals surface area contributed by atoms with Crippen molar-refractivity contribution in [3.8, 4) is 6.07 Å². The number of nitriles is 1. The molecule has 0 atom stereocenters. The molecule has 0 spiro atoms. The Balaban J connectivity index is 1.91. The Morgan fingerprint density at radius 2 is 2.19 bits per heavy atom. The standard InChI is InChI=1S/C15H17N3O3/c16-7-12-2-1-3-13(6-12)8-17-15(21)18(10-14(19)20)9-11-4-5-11/h1-3,6,11H,4-5,8-10H2,(H,17,21)(H,19,20). The zero-order valence-electron chi connectivity index (χ0n) is 11.6. The van der Waals surface area contributed by atoms with Gasteiger partial charge < -0.3 is 15.3 Å². The molecular formula is C15H17N3O3. The lowest BCUT2D eigenvalue weighted by Crippen LogP contribution is -2.43. The highest BCUT2D eigenvalue weighted by molar-refractivity contribution is 5.80. The van der Waals surface area contributed by atoms with E-state index in [9.17, 15) is 9.59 Å². The van der Waals surface area contributed by atoms with Crippen LogP contribution in [0.3, 0.4) is 0 Å². The minimum atomic E-state index is -1.02. The minimum Gasteiger partial charge on any atom is -0.480 e. The summed E-state index contributed by atoms with van der Waals surface area (Å²) in [5.41, 5.74) is 1.34. The van der Waals surface area contributed by atoms with E-state index in [1.54, 1.807) is 18.2 Å². The predicted octanol–water partition coefficient (Wildman–Crippen LogP) is 1.56. The van der Waals surface area contributed by atoms with E-state index < -0.39 is 5.97 Å². The van der Waals surface area contributed by atoms with E-state index in [1.807, 2.05) is 12.1 Å². The van der Waals surface area contributed by atoms with Crippen molar-refractivity contribution in [3.63, 3.8) is 0 Å². The van der Waals surface area contributed by atoms with E-state index in [0.717, 1.165) is 18.4 Å². The number of aliphatic carboxylic acids is 1. The van der Waals surface area contributed by atoms with Gasteiger partial charge in [-0.15, -0.1) is 0 Å². The van der Waals surface area contributed by atoms with E-state index in [0.29, 0.717) is 18.0 Å². The number of carboxylic acids is 1. The fourth-order valence-electron chi connectivity index (χ4n) is 2.03. The van der Waals surface area contributed by atoms with Gasteiger partial charge >= 0.3 is 12.0 Å². The second kappa shape index (κ2) is 6.75. The Hall–Kier alpha value is -2.55. The molecule has 1 aromatic rings. The Kier molecular flexibility index (Phi) is 4.77. The van der Waals surface area contributed by atoms with Crippen LogP contribution >= 0.6 is 0 Å². The zero-order valence-corrected chi connectivity index (χ0v) is 11.6. The normalized spacial score (nSPS) is 13.3. The summed E-state index contributed by atoms with van der Waals surface area (Å²) in [7, 11) is 0. The Labute approximate surface area is 123 Å². The lowest BCUT2D eigenvalue weighted by atomic mass is 10.1. The average Bonchev–Trinajstić information content (AvgIpc) is 3.28. The van der Waals surface area contributed by atoms with Crippen molar-refractivity contribution in [2.24, 2.45) is 5.92 Å². The first kappa shape index (κ1) is 14.9. The minimum absolute atomic E-state index is 0.273. The van der Waals surface area contributed by atoms with Crippen LogP contribution in [0.4, 0.5) is 4.79 Å². The summed E-state index contributed by atoms with van der Waals surface area (Å²) in [6.45, 7) is 0.464. The average molecular weight is 287 g/mol. The lowest BCUT2D eigenvalue weighted by molar-refractivity contribution is -0.137. The van der Waals surface area contributed by atoms with E-state index in [-0.39, 0.29) is 19.1 Å². The molecule has 0 aliphatic heterocycles. The second-order valence-corrected chi connectivity index (χ2v) is 5.19. The van der Waals surface area contributed by atoms with Crippen molar-refractivity contribution in [2.45, 2.75) is 19.4 Å². The van der Waals surface area contributed by atoms with Gasteiger partial charge in [-0.2, -0.15) is 5.26 Å². The summed E-state index contributed by atoms with van der Waals surface area (Å²) in [6, 6.07) is 8.60. The molecule has 0 aromatic heterocycles. The molecule has 0 unspecified atom stereocenters. The van der Waals surface area contributed by atoms with Crippen molar-refractivity contribution in [2.75, 3.05) is 13.1 Å². The van der Waals surface area contributed by atoms with Crippen LogP contribution in [0.15, 0.2) is 24.3 Å². The zero-order chi connectivity index (χ0) is 15.2. The van der Waals surface area contributed by atoms with E-state index in [4.69, 9.17) is 10.4 Å². The topological polar surface area (TPSA) is 93.4 Å². The van der Waals surface area contributed by atoms with Gasteiger partial charge in [-0.1, -0.05) is 12.1 Å². The maximum atomic E-state index is 12.1. The number of urea groups is 1. The Morgan fingerprint density at radius 3 is 2.81 bits per heavy atom. The first-order valence-corrected chi connectivity index (χ1v) is 6.82. The Morgan fingerprint density at radius 1 is 1.43 bits per heavy atom. The van der Waals surface area contributed by atoms with Crippen LogP contribution in [0.25, 0.3) is 0 Å². The van der Waals surface area contributed by atoms with Gasteiger partial charge in [0.2, 0.25) is 0 Å². The van der Waals surface area contributed by atoms with Crippen LogP contribution < -0.4 is 5.32 Å². The fraction of sp³-hybridized carbons (Fsp3) is 0.400. The molecule has 2 rings (SSSR count). The molecule has 6 nitrogen and oxygen atoms in total. The highest BCUT2D eigenvalue weighted by atomic mass is 16.4. The maximum absolute atomic E-state index is 12.1. The number of benzene rings is 1. The largest absolute Gasteiger partial charge is 0.480 e. The summed E-state index contributed by atoms with van der Waals surface area (Å²) < 4.78 is 0. The molecule has 1 aliphatic rings. The molecule has 6 heteroatoms. The number of hydrogen-bond donors (Lipinski definition) is 2. The van der Waals surface area contributed by atoms with Gasteiger partial charge in [-0.25, -0.2) is 4.79 Å². The molecule has 2 N–H and O–H groups in total. The van der Waals surface area contributed by atoms with Crippen molar-refractivity contribution in [1.29, 1.82) is 5.26 Å². The van der Waals surface area contributed by atoms with Crippen molar-refractivity contribution >= 4 is 12.0 Å². The number of nitrogens with zero attached hydrogens (tertiary/aromatic N) is 2. The number of carbonyl (C=O) groups excluding carboxylic acids is 1. The molecule has 0 bridgehead atoms. The molecule has 21 heavy (non-hydrogen) atoms. The molecule has 0 saturated heterocycles. The SMILES string of the molecule is N#Cc1cccc(CNC(=O)N(CC(=O)O)CC2CC2)c1. The van der Waals surface area contributed by atoms with Gasteiger partial charge in [-0.05, 0) is 36.5 Å². The van der Waals surface area contributed by atoms with Crippen molar-refractivity contribution < 1.29 is 14.7 Å². The number of carbonyl (C=O) groups is 2. The summed E-state index contributed by atoms with van der Waals surface area (Å²) in [4.78, 5) is 24.2. The van der Waals surface area contributed by atoms with Gasteiger partial charge in [0.1, 0.15) is 6.54 Å². The summed E-state index contributed by atoms with van der Waals surface area (Å²) in [5, 5.41) is 20.4. The molecule has 1 aliphatic carbocycles. The van der Waals surface area contributed by atoms with Gasteiger partial charge in [0.05, 0.1) is 11.6 Å². The van der Waals surface area contributed by atoms with E-state index in [1.165, 1.54) is 4.90 Å². The predicted molar refractivity (Wildman–Crippen MR) is 75.3 cm³/mol. The maximum Gasteiger partial charge on any atom is 0.323 e. The Bertz CT molecular complexity index is 576. The smallest absolute Gasteiger partial charge is 0.323 e. The molecule has 1 aromatic carbocycles. The van der Waals surface area contributed by atoms with Crippen molar-refractivity contribution in [1.82, 2.24) is 10.2 Å². The third-order valence-corrected chi connectivity index (χ3v) is 3.29. The van der Waals surface area contributed by atoms with Gasteiger partial charge in [-0.3, -0.25) is 4.79 Å². The second-order valence-electron chi connectivity index (χ2n) is 5.19. The summed E-state index contributed by atoms with van der Waals surface area (Å²) in [5.74, 6) is -0.589. The van der Waals surface area contributed by atoms with Crippen LogP contribution in [0, 0.1) is 17.2 Å². The van der Waals surface area contributed by atoms with Crippen LogP contribution in [-0.2, 0) is 11.3 Å². The number of carboxylic acid groups (broad SMARTS) is 1. The molecular weight excluding hydrogens is 270 g/mol. The highest BCUT2D eigenvalue weighted by Crippen LogP contribution is 2.29. The molecule has 0 heterocycles. The number of nitrogens with one attached hydrogen (secondary N) is 1. The van der Waals surface area contributed by atoms with Gasteiger partial charge in [0.25, 0.3) is 0 Å². The van der Waals surface area contributed by atoms with Crippen molar-refractivity contribution in [3.05, 3.63) is 35.4 Å². The van der Waals surface area contributed by atoms with Crippen LogP contribution in [0.5, 0.6) is 0 Å². The third kappa shape index (κ3) is 4.80. The van der Waals surface area contributed by atoms with E-state index in [2.05, 4.69) is 5.32 Å². The van der Waals surface area contributed by atoms with Crippen LogP contribution in [-0.4, -0.2) is 35.1 Å². The van der Waals surface area contributed by atoms with Gasteiger partial charge in [0, 0.05) is 13.1 Å². The molecule has 110 valence electrons. The summed E-state index contributed by atoms with van der Waals surface area (Å²) in [6.07, 6.45) is 2.10. The highest BCUT2D eigenvalue weighted by Gasteiger charge is 2.27. The third-order valence-electron chi connectivity index (χ3n) is 3.29. The lowest BCUT2D eigenvalue weighted by Gasteiger charge is -2.21. The fourth-order valence-corrected chi connectivity index (χ4v) is 2.03. The molecule has 0 radical (unpaired) electrons. The number of hydrogen-bond acceptors (Lipinski definition) is 3.